The Labute approximate surface area is 195 Å². The minimum absolute atomic E-state index is 0. The van der Waals surface area contributed by atoms with Gasteiger partial charge in [-0.2, -0.15) is 5.10 Å². The summed E-state index contributed by atoms with van der Waals surface area (Å²) >= 11 is 0. The minimum atomic E-state index is 0. The average molecular weight is 519 g/mol. The van der Waals surface area contributed by atoms with Crippen LogP contribution in [0.15, 0.2) is 72.0 Å². The van der Waals surface area contributed by atoms with E-state index in [0.29, 0.717) is 19.7 Å². The van der Waals surface area contributed by atoms with Crippen LogP contribution >= 0.6 is 24.0 Å². The molecule has 6 nitrogen and oxygen atoms in total. The van der Waals surface area contributed by atoms with Gasteiger partial charge in [-0.1, -0.05) is 48.5 Å². The van der Waals surface area contributed by atoms with Crippen molar-refractivity contribution in [2.75, 3.05) is 13.7 Å². The molecule has 0 aliphatic carbocycles. The lowest BCUT2D eigenvalue weighted by atomic mass is 10.1. The van der Waals surface area contributed by atoms with Crippen molar-refractivity contribution >= 4 is 29.9 Å². The lowest BCUT2D eigenvalue weighted by Crippen LogP contribution is -2.37. The van der Waals surface area contributed by atoms with Crippen molar-refractivity contribution in [2.45, 2.75) is 33.2 Å². The van der Waals surface area contributed by atoms with Gasteiger partial charge in [0.1, 0.15) is 0 Å². The fraction of sp³-hybridized carbons (Fsp3) is 0.304. The molecular formula is C23H30IN5O. The maximum Gasteiger partial charge on any atom is 0.191 e. The molecule has 30 heavy (non-hydrogen) atoms. The Bertz CT molecular complexity index is 894. The number of ether oxygens (including phenoxy) is 1. The number of rotatable bonds is 9. The Morgan fingerprint density at radius 1 is 1.00 bits per heavy atom. The van der Waals surface area contributed by atoms with Crippen molar-refractivity contribution in [2.24, 2.45) is 4.99 Å². The molecule has 3 rings (SSSR count). The Balaban J connectivity index is 0.00000320. The van der Waals surface area contributed by atoms with Crippen LogP contribution in [0.3, 0.4) is 0 Å². The van der Waals surface area contributed by atoms with Gasteiger partial charge >= 0.3 is 0 Å². The zero-order valence-electron chi connectivity index (χ0n) is 17.5. The lowest BCUT2D eigenvalue weighted by Gasteiger charge is -2.14. The first-order valence-corrected chi connectivity index (χ1v) is 9.91. The third kappa shape index (κ3) is 7.46. The first kappa shape index (κ1) is 23.9. The first-order chi connectivity index (χ1) is 14.3. The normalized spacial score (nSPS) is 11.1. The van der Waals surface area contributed by atoms with Crippen molar-refractivity contribution in [3.63, 3.8) is 0 Å². The van der Waals surface area contributed by atoms with Gasteiger partial charge in [0, 0.05) is 32.6 Å². The molecule has 3 aromatic rings. The van der Waals surface area contributed by atoms with Crippen molar-refractivity contribution in [3.8, 4) is 0 Å². The van der Waals surface area contributed by atoms with Gasteiger partial charge in [-0.25, -0.2) is 4.99 Å². The van der Waals surface area contributed by atoms with Gasteiger partial charge in [0.05, 0.1) is 19.7 Å². The molecule has 0 aliphatic rings. The standard InChI is InChI=1S/C23H29N5O.HI/c1-3-24-23(25-15-19-9-11-20(12-10-19)18-29-2)26-16-21-7-4-5-8-22(21)17-28-14-6-13-27-28;/h4-14H,3,15-18H2,1-2H3,(H2,24,25,26);1H. The molecule has 0 saturated carbocycles. The maximum absolute atomic E-state index is 5.16. The van der Waals surface area contributed by atoms with E-state index >= 15 is 0 Å². The van der Waals surface area contributed by atoms with E-state index in [1.807, 2.05) is 16.9 Å². The fourth-order valence-corrected chi connectivity index (χ4v) is 3.05. The van der Waals surface area contributed by atoms with Crippen LogP contribution in [0.1, 0.15) is 29.2 Å². The highest BCUT2D eigenvalue weighted by Crippen LogP contribution is 2.10. The second-order valence-electron chi connectivity index (χ2n) is 6.77. The molecule has 160 valence electrons. The summed E-state index contributed by atoms with van der Waals surface area (Å²) < 4.78 is 7.10. The Hall–Kier alpha value is -2.39. The SMILES string of the molecule is CCNC(=NCc1ccc(COC)cc1)NCc1ccccc1Cn1cccn1.I. The van der Waals surface area contributed by atoms with Crippen molar-refractivity contribution in [1.82, 2.24) is 20.4 Å². The number of guanidine groups is 1. The highest BCUT2D eigenvalue weighted by Gasteiger charge is 2.05. The highest BCUT2D eigenvalue weighted by molar-refractivity contribution is 14.0. The van der Waals surface area contributed by atoms with E-state index in [9.17, 15) is 0 Å². The number of hydrogen-bond acceptors (Lipinski definition) is 3. The lowest BCUT2D eigenvalue weighted by molar-refractivity contribution is 0.185. The van der Waals surface area contributed by atoms with Crippen molar-refractivity contribution in [3.05, 3.63) is 89.2 Å². The molecule has 1 aromatic heterocycles. The summed E-state index contributed by atoms with van der Waals surface area (Å²) in [5, 5.41) is 11.1. The number of aliphatic imine (C=N–C) groups is 1. The number of hydrogen-bond donors (Lipinski definition) is 2. The average Bonchev–Trinajstić information content (AvgIpc) is 3.25. The topological polar surface area (TPSA) is 63.5 Å². The van der Waals surface area contributed by atoms with Crippen LogP contribution in [-0.2, 0) is 31.0 Å². The quantitative estimate of drug-likeness (QED) is 0.255. The second-order valence-corrected chi connectivity index (χ2v) is 6.77. The van der Waals surface area contributed by atoms with Crippen LogP contribution in [0.2, 0.25) is 0 Å². The Kier molecular flexibility index (Phi) is 10.4. The molecule has 0 bridgehead atoms. The van der Waals surface area contributed by atoms with Gasteiger partial charge in [-0.3, -0.25) is 4.68 Å². The van der Waals surface area contributed by atoms with Gasteiger partial charge in [-0.15, -0.1) is 24.0 Å². The molecule has 0 atom stereocenters. The predicted molar refractivity (Wildman–Crippen MR) is 132 cm³/mol. The zero-order chi connectivity index (χ0) is 20.3. The van der Waals surface area contributed by atoms with Gasteiger partial charge in [0.15, 0.2) is 5.96 Å². The summed E-state index contributed by atoms with van der Waals surface area (Å²) in [6, 6.07) is 18.7. The van der Waals surface area contributed by atoms with Gasteiger partial charge in [0.25, 0.3) is 0 Å². The number of methoxy groups -OCH3 is 1. The molecule has 0 amide bonds. The summed E-state index contributed by atoms with van der Waals surface area (Å²) in [6.07, 6.45) is 3.78. The summed E-state index contributed by atoms with van der Waals surface area (Å²) in [7, 11) is 1.71. The van der Waals surface area contributed by atoms with E-state index < -0.39 is 0 Å². The highest BCUT2D eigenvalue weighted by atomic mass is 127. The molecule has 2 aromatic carbocycles. The molecule has 7 heteroatoms. The number of nitrogens with zero attached hydrogens (tertiary/aromatic N) is 3. The van der Waals surface area contributed by atoms with E-state index in [-0.39, 0.29) is 24.0 Å². The van der Waals surface area contributed by atoms with Crippen LogP contribution in [0, 0.1) is 0 Å². The minimum Gasteiger partial charge on any atom is -0.380 e. The van der Waals surface area contributed by atoms with Crippen molar-refractivity contribution in [1.29, 1.82) is 0 Å². The van der Waals surface area contributed by atoms with Crippen LogP contribution in [0.5, 0.6) is 0 Å². The molecule has 0 aliphatic heterocycles. The van der Waals surface area contributed by atoms with E-state index in [1.54, 1.807) is 13.3 Å². The summed E-state index contributed by atoms with van der Waals surface area (Å²) in [5.41, 5.74) is 4.81. The van der Waals surface area contributed by atoms with Gasteiger partial charge < -0.3 is 15.4 Å². The van der Waals surface area contributed by atoms with Crippen molar-refractivity contribution < 1.29 is 4.74 Å². The fourth-order valence-electron chi connectivity index (χ4n) is 3.05. The number of benzene rings is 2. The molecule has 0 radical (unpaired) electrons. The second kappa shape index (κ2) is 13.0. The number of aromatic nitrogens is 2. The molecule has 0 saturated heterocycles. The van der Waals surface area contributed by atoms with Crippen LogP contribution in [0.4, 0.5) is 0 Å². The number of halogens is 1. The molecule has 2 N–H and O–H groups in total. The van der Waals surface area contributed by atoms with E-state index in [2.05, 4.69) is 71.2 Å². The Morgan fingerprint density at radius 2 is 1.73 bits per heavy atom. The molecule has 1 heterocycles. The number of nitrogens with one attached hydrogen (secondary N) is 2. The van der Waals surface area contributed by atoms with E-state index in [0.717, 1.165) is 19.0 Å². The maximum atomic E-state index is 5.16. The van der Waals surface area contributed by atoms with Crippen LogP contribution in [-0.4, -0.2) is 29.4 Å². The van der Waals surface area contributed by atoms with E-state index in [1.165, 1.54) is 22.3 Å². The zero-order valence-corrected chi connectivity index (χ0v) is 19.9. The molecule has 0 unspecified atom stereocenters. The monoisotopic (exact) mass is 519 g/mol. The summed E-state index contributed by atoms with van der Waals surface area (Å²) in [5.74, 6) is 0.808. The third-order valence-electron chi connectivity index (χ3n) is 4.55. The molecule has 0 spiro atoms. The molecular weight excluding hydrogens is 489 g/mol. The summed E-state index contributed by atoms with van der Waals surface area (Å²) in [4.78, 5) is 4.73. The predicted octanol–water partition coefficient (Wildman–Crippen LogP) is 3.95. The molecule has 0 fully saturated rings. The van der Waals surface area contributed by atoms with Gasteiger partial charge in [-0.05, 0) is 35.2 Å². The van der Waals surface area contributed by atoms with Gasteiger partial charge in [0.2, 0.25) is 0 Å². The van der Waals surface area contributed by atoms with Crippen LogP contribution < -0.4 is 10.6 Å². The van der Waals surface area contributed by atoms with E-state index in [4.69, 9.17) is 9.73 Å². The Morgan fingerprint density at radius 3 is 2.40 bits per heavy atom. The first-order valence-electron chi connectivity index (χ1n) is 9.91. The largest absolute Gasteiger partial charge is 0.380 e. The third-order valence-corrected chi connectivity index (χ3v) is 4.55. The smallest absolute Gasteiger partial charge is 0.191 e. The summed E-state index contributed by atoms with van der Waals surface area (Å²) in [6.45, 7) is 5.60. The van der Waals surface area contributed by atoms with Crippen LogP contribution in [0.25, 0.3) is 0 Å².